The van der Waals surface area contributed by atoms with Crippen LogP contribution in [0, 0.1) is 11.3 Å². The van der Waals surface area contributed by atoms with Gasteiger partial charge in [0.2, 0.25) is 5.95 Å². The van der Waals surface area contributed by atoms with Gasteiger partial charge in [-0.3, -0.25) is 9.69 Å². The molecule has 3 aliphatic heterocycles. The van der Waals surface area contributed by atoms with Crippen molar-refractivity contribution in [2.45, 2.75) is 24.7 Å². The lowest BCUT2D eigenvalue weighted by Gasteiger charge is -2.43. The van der Waals surface area contributed by atoms with Gasteiger partial charge in [0, 0.05) is 62.3 Å². The summed E-state index contributed by atoms with van der Waals surface area (Å²) in [6, 6.07) is 19.3. The molecule has 3 fully saturated rings. The largest absolute Gasteiger partial charge is 0.486 e. The summed E-state index contributed by atoms with van der Waals surface area (Å²) in [6.45, 7) is 6.00. The quantitative estimate of drug-likeness (QED) is 0.300. The molecule has 5 heterocycles. The number of aromatic nitrogens is 4. The van der Waals surface area contributed by atoms with Crippen LogP contribution in [-0.4, -0.2) is 106 Å². The Morgan fingerprint density at radius 3 is 2.59 bits per heavy atom. The van der Waals surface area contributed by atoms with Crippen LogP contribution in [0.4, 0.5) is 21.7 Å². The Bertz CT molecular complexity index is 1700. The van der Waals surface area contributed by atoms with Crippen LogP contribution in [0.15, 0.2) is 67.1 Å². The van der Waals surface area contributed by atoms with Crippen LogP contribution in [0.2, 0.25) is 0 Å². The number of nitrogens with one attached hydrogen (secondary N) is 2. The molecule has 3 aliphatic rings. The maximum Gasteiger partial charge on any atom is 0.270 e. The van der Waals surface area contributed by atoms with Crippen LogP contribution in [0.3, 0.4) is 0 Å². The zero-order chi connectivity index (χ0) is 31.5. The highest BCUT2D eigenvalue weighted by atomic mass is 19.1. The number of alkyl halides is 1. The summed E-state index contributed by atoms with van der Waals surface area (Å²) in [4.78, 5) is 35.0. The first-order valence-electron chi connectivity index (χ1n) is 15.4. The Kier molecular flexibility index (Phi) is 8.45. The number of H-pyrrole nitrogens is 1. The highest BCUT2D eigenvalue weighted by Gasteiger charge is 2.34. The molecule has 2 N–H and O–H groups in total. The predicted molar refractivity (Wildman–Crippen MR) is 169 cm³/mol. The average molecular weight is 624 g/mol. The van der Waals surface area contributed by atoms with Gasteiger partial charge in [-0.2, -0.15) is 10.2 Å². The molecule has 0 radical (unpaired) electrons. The number of piperazine rings is 1. The van der Waals surface area contributed by atoms with Crippen molar-refractivity contribution >= 4 is 23.2 Å². The van der Waals surface area contributed by atoms with E-state index in [2.05, 4.69) is 53.3 Å². The minimum absolute atomic E-state index is 0.0839. The van der Waals surface area contributed by atoms with Crippen molar-refractivity contribution in [3.05, 3.63) is 78.4 Å². The first-order chi connectivity index (χ1) is 22.5. The number of carbonyl (C=O) groups is 1. The Morgan fingerprint density at radius 1 is 1.07 bits per heavy atom. The van der Waals surface area contributed by atoms with E-state index < -0.39 is 12.3 Å². The van der Waals surface area contributed by atoms with Crippen molar-refractivity contribution in [2.24, 2.45) is 0 Å². The van der Waals surface area contributed by atoms with Crippen molar-refractivity contribution in [1.29, 1.82) is 5.26 Å². The highest BCUT2D eigenvalue weighted by molar-refractivity contribution is 5.92. The van der Waals surface area contributed by atoms with E-state index in [0.717, 1.165) is 45.1 Å². The van der Waals surface area contributed by atoms with Crippen molar-refractivity contribution < 1.29 is 18.7 Å². The van der Waals surface area contributed by atoms with Crippen LogP contribution in [0.25, 0.3) is 11.4 Å². The molecule has 236 valence electrons. The fourth-order valence-corrected chi connectivity index (χ4v) is 6.02. The Labute approximate surface area is 265 Å². The summed E-state index contributed by atoms with van der Waals surface area (Å²) in [5, 5.41) is 13.1. The number of hydrogen-bond acceptors (Lipinski definition) is 10. The summed E-state index contributed by atoms with van der Waals surface area (Å²) < 4.78 is 26.4. The lowest BCUT2D eigenvalue weighted by Crippen LogP contribution is -2.56. The van der Waals surface area contributed by atoms with Crippen LogP contribution < -0.4 is 15.0 Å². The van der Waals surface area contributed by atoms with E-state index >= 15 is 4.39 Å². The number of carbonyl (C=O) groups excluding carboxylic acids is 1. The van der Waals surface area contributed by atoms with Gasteiger partial charge in [0.15, 0.2) is 12.0 Å². The van der Waals surface area contributed by atoms with Crippen LogP contribution >= 0.6 is 0 Å². The number of nitrogens with zero attached hydrogens (tertiary/aromatic N) is 7. The van der Waals surface area contributed by atoms with E-state index in [1.807, 2.05) is 12.1 Å². The lowest BCUT2D eigenvalue weighted by molar-refractivity contribution is -0.0660. The lowest BCUT2D eigenvalue weighted by atomic mass is 10.0. The first kappa shape index (κ1) is 29.6. The summed E-state index contributed by atoms with van der Waals surface area (Å²) in [5.41, 5.74) is 3.27. The van der Waals surface area contributed by atoms with E-state index in [0.29, 0.717) is 42.0 Å². The average Bonchev–Trinajstić information content (AvgIpc) is 3.61. The van der Waals surface area contributed by atoms with E-state index in [4.69, 9.17) is 9.47 Å². The molecule has 2 aromatic carbocycles. The molecule has 2 aromatic heterocycles. The number of aromatic amines is 1. The van der Waals surface area contributed by atoms with Gasteiger partial charge in [0.25, 0.3) is 5.91 Å². The minimum Gasteiger partial charge on any atom is -0.486 e. The fourth-order valence-electron chi connectivity index (χ4n) is 6.02. The van der Waals surface area contributed by atoms with Gasteiger partial charge in [-0.25, -0.2) is 14.4 Å². The molecular weight excluding hydrogens is 589 g/mol. The Morgan fingerprint density at radius 2 is 1.89 bits per heavy atom. The van der Waals surface area contributed by atoms with Crippen LogP contribution in [0.5, 0.6) is 5.75 Å². The maximum absolute atomic E-state index is 15.1. The van der Waals surface area contributed by atoms with Crippen molar-refractivity contribution in [3.8, 4) is 23.2 Å². The molecule has 12 nitrogen and oxygen atoms in total. The van der Waals surface area contributed by atoms with Gasteiger partial charge in [0.1, 0.15) is 29.9 Å². The van der Waals surface area contributed by atoms with Crippen LogP contribution in [0.1, 0.15) is 22.5 Å². The standard InChI is InChI=1S/C33H34FN9O3/c34-27-18-43(32(44)28-2-1-10-36-28)11-9-30(27)46-29-8-3-22(16-23(29)17-35)31-37-21-38-33(40-31)39-24-4-6-25(7-5-24)41-12-14-42(15-13-41)26-19-45-20-26/h1-8,10,16,21,26-27,30,36H,9,11-15,18-20H2,(H,37,38,39,40)/t27-,30?/m1/s1. The van der Waals surface area contributed by atoms with Gasteiger partial charge in [0.05, 0.1) is 31.4 Å². The number of anilines is 3. The fraction of sp³-hybridized carbons (Fsp3) is 0.364. The third kappa shape index (κ3) is 6.35. The summed E-state index contributed by atoms with van der Waals surface area (Å²) in [6.07, 6.45) is 1.19. The number of hydrogen-bond donors (Lipinski definition) is 2. The molecule has 0 saturated carbocycles. The van der Waals surface area contributed by atoms with E-state index in [1.165, 1.54) is 16.9 Å². The van der Waals surface area contributed by atoms with E-state index in [1.54, 1.807) is 36.5 Å². The number of benzene rings is 2. The number of amides is 1. The van der Waals surface area contributed by atoms with Crippen LogP contribution in [-0.2, 0) is 4.74 Å². The Hall–Kier alpha value is -5.06. The first-order valence-corrected chi connectivity index (χ1v) is 15.4. The van der Waals surface area contributed by atoms with Gasteiger partial charge >= 0.3 is 0 Å². The normalized spacial score (nSPS) is 20.5. The minimum atomic E-state index is -1.40. The molecule has 3 saturated heterocycles. The summed E-state index contributed by atoms with van der Waals surface area (Å²) >= 11 is 0. The second-order valence-corrected chi connectivity index (χ2v) is 11.6. The number of piperidine rings is 1. The second kappa shape index (κ2) is 13.1. The molecule has 0 aliphatic carbocycles. The molecule has 1 amide bonds. The van der Waals surface area contributed by atoms with Gasteiger partial charge in [-0.05, 0) is 54.6 Å². The molecule has 7 rings (SSSR count). The van der Waals surface area contributed by atoms with Crippen molar-refractivity contribution in [1.82, 2.24) is 29.7 Å². The SMILES string of the molecule is N#Cc1cc(-c2ncnc(Nc3ccc(N4CCN(C5COC5)CC4)cc3)n2)ccc1OC1CCN(C(=O)c2ccc[nH]2)C[C@H]1F. The predicted octanol–water partition coefficient (Wildman–Crippen LogP) is 3.63. The van der Waals surface area contributed by atoms with Gasteiger partial charge < -0.3 is 29.6 Å². The molecule has 13 heteroatoms. The van der Waals surface area contributed by atoms with Gasteiger partial charge in [-0.1, -0.05) is 0 Å². The zero-order valence-electron chi connectivity index (χ0n) is 25.2. The molecule has 4 aromatic rings. The highest BCUT2D eigenvalue weighted by Crippen LogP contribution is 2.29. The topological polar surface area (TPSA) is 136 Å². The molecule has 1 unspecified atom stereocenters. The number of nitriles is 1. The van der Waals surface area contributed by atoms with E-state index in [-0.39, 0.29) is 23.8 Å². The molecule has 0 spiro atoms. The summed E-state index contributed by atoms with van der Waals surface area (Å²) in [7, 11) is 0. The second-order valence-electron chi connectivity index (χ2n) is 11.6. The van der Waals surface area contributed by atoms with Crippen molar-refractivity contribution in [3.63, 3.8) is 0 Å². The third-order valence-electron chi connectivity index (χ3n) is 8.75. The third-order valence-corrected chi connectivity index (χ3v) is 8.75. The Balaban J connectivity index is 0.968. The van der Waals surface area contributed by atoms with E-state index in [9.17, 15) is 10.1 Å². The molecule has 46 heavy (non-hydrogen) atoms. The number of likely N-dealkylation sites (tertiary alicyclic amines) is 1. The number of ether oxygens (including phenoxy) is 2. The van der Waals surface area contributed by atoms with Gasteiger partial charge in [-0.15, -0.1) is 0 Å². The molecule has 0 bridgehead atoms. The number of rotatable bonds is 8. The van der Waals surface area contributed by atoms with Crippen molar-refractivity contribution in [2.75, 3.05) is 62.7 Å². The smallest absolute Gasteiger partial charge is 0.270 e. The molecule has 2 atom stereocenters. The zero-order valence-corrected chi connectivity index (χ0v) is 25.2. The monoisotopic (exact) mass is 623 g/mol. The number of halogens is 1. The maximum atomic E-state index is 15.1. The summed E-state index contributed by atoms with van der Waals surface area (Å²) in [5.74, 6) is 0.773. The molecular formula is C33H34FN9O3.